The van der Waals surface area contributed by atoms with E-state index in [-0.39, 0.29) is 18.0 Å². The number of anilines is 1. The number of carbonyl (C=O) groups excluding carboxylic acids is 2. The van der Waals surface area contributed by atoms with Gasteiger partial charge in [-0.05, 0) is 32.0 Å². The number of nitrogens with one attached hydrogen (secondary N) is 2. The monoisotopic (exact) mass is 400 g/mol. The van der Waals surface area contributed by atoms with Gasteiger partial charge < -0.3 is 10.6 Å². The van der Waals surface area contributed by atoms with Crippen LogP contribution in [0.2, 0.25) is 0 Å². The maximum Gasteiger partial charge on any atom is 0.240 e. The molecule has 2 amide bonds. The molecule has 1 aromatic rings. The van der Waals surface area contributed by atoms with E-state index in [2.05, 4.69) is 36.8 Å². The largest absolute Gasteiger partial charge is 0.324 e. The lowest BCUT2D eigenvalue weighted by Crippen LogP contribution is -2.28. The van der Waals surface area contributed by atoms with Gasteiger partial charge in [0.05, 0.1) is 5.69 Å². The second-order valence-corrected chi connectivity index (χ2v) is 7.03. The first-order chi connectivity index (χ1) is 10.8. The summed E-state index contributed by atoms with van der Waals surface area (Å²) < 4.78 is 14.3. The van der Waals surface area contributed by atoms with E-state index in [1.807, 2.05) is 0 Å². The number of rotatable bonds is 4. The molecule has 0 spiro atoms. The van der Waals surface area contributed by atoms with E-state index in [0.29, 0.717) is 9.64 Å². The Kier molecular flexibility index (Phi) is 5.89. The van der Waals surface area contributed by atoms with Crippen molar-refractivity contribution in [2.75, 3.05) is 5.32 Å². The molecule has 6 nitrogen and oxygen atoms in total. The molecule has 0 aromatic heterocycles. The van der Waals surface area contributed by atoms with Crippen molar-refractivity contribution < 1.29 is 14.0 Å². The smallest absolute Gasteiger partial charge is 0.240 e. The van der Waals surface area contributed by atoms with Gasteiger partial charge in [-0.2, -0.15) is 5.10 Å². The zero-order valence-electron chi connectivity index (χ0n) is 12.4. The molecule has 9 heteroatoms. The molecule has 2 N–H and O–H groups in total. The van der Waals surface area contributed by atoms with Crippen molar-refractivity contribution >= 4 is 56.1 Å². The van der Waals surface area contributed by atoms with Crippen LogP contribution in [-0.4, -0.2) is 27.9 Å². The molecule has 0 bridgehead atoms. The predicted molar refractivity (Wildman–Crippen MR) is 93.1 cm³/mol. The minimum absolute atomic E-state index is 0.0710. The van der Waals surface area contributed by atoms with Crippen LogP contribution in [0.15, 0.2) is 32.9 Å². The Morgan fingerprint density at radius 2 is 2.22 bits per heavy atom. The number of nitrogens with zero attached hydrogens (tertiary/aromatic N) is 2. The summed E-state index contributed by atoms with van der Waals surface area (Å²) in [4.78, 5) is 23.8. The van der Waals surface area contributed by atoms with Gasteiger partial charge in [-0.3, -0.25) is 9.59 Å². The molecule has 1 aliphatic heterocycles. The third-order valence-corrected chi connectivity index (χ3v) is 4.26. The molecule has 0 saturated carbocycles. The maximum absolute atomic E-state index is 13.7. The number of hydrogen-bond acceptors (Lipinski definition) is 5. The van der Waals surface area contributed by atoms with Crippen molar-refractivity contribution in [3.8, 4) is 0 Å². The Labute approximate surface area is 145 Å². The van der Waals surface area contributed by atoms with Gasteiger partial charge in [0.15, 0.2) is 5.17 Å². The second kappa shape index (κ2) is 7.69. The fraction of sp³-hybridized carbons (Fsp3) is 0.286. The van der Waals surface area contributed by atoms with Gasteiger partial charge in [-0.15, -0.1) is 5.10 Å². The number of halogens is 2. The van der Waals surface area contributed by atoms with E-state index in [1.54, 1.807) is 19.9 Å². The molecule has 1 aliphatic rings. The molecule has 1 saturated heterocycles. The highest BCUT2D eigenvalue weighted by Gasteiger charge is 2.32. The Bertz CT molecular complexity index is 704. The fourth-order valence-corrected chi connectivity index (χ4v) is 2.94. The van der Waals surface area contributed by atoms with Crippen LogP contribution >= 0.6 is 27.7 Å². The number of amides is 2. The van der Waals surface area contributed by atoms with E-state index in [1.165, 1.54) is 12.1 Å². The van der Waals surface area contributed by atoms with Crippen molar-refractivity contribution in [1.29, 1.82) is 0 Å². The van der Waals surface area contributed by atoms with Crippen molar-refractivity contribution in [2.24, 2.45) is 10.2 Å². The van der Waals surface area contributed by atoms with Gasteiger partial charge in [0.25, 0.3) is 0 Å². The minimum Gasteiger partial charge on any atom is -0.324 e. The Morgan fingerprint density at radius 3 is 2.87 bits per heavy atom. The first kappa shape index (κ1) is 17.6. The van der Waals surface area contributed by atoms with Crippen molar-refractivity contribution in [2.45, 2.75) is 25.5 Å². The highest BCUT2D eigenvalue weighted by Crippen LogP contribution is 2.24. The van der Waals surface area contributed by atoms with Gasteiger partial charge in [-0.25, -0.2) is 4.39 Å². The van der Waals surface area contributed by atoms with Crippen molar-refractivity contribution in [3.63, 3.8) is 0 Å². The number of amidine groups is 1. The standard InChI is InChI=1S/C14H14BrFN4O2S/c1-7(2)19-20-14-18-13(22)11(23-14)6-12(21)17-10-4-3-8(15)5-9(10)16/h3-5,11H,6H2,1-2H3,(H,17,21)(H,18,20,22). The van der Waals surface area contributed by atoms with Gasteiger partial charge in [0.2, 0.25) is 11.8 Å². The molecule has 23 heavy (non-hydrogen) atoms. The molecule has 0 aliphatic carbocycles. The first-order valence-corrected chi connectivity index (χ1v) is 8.33. The summed E-state index contributed by atoms with van der Waals surface area (Å²) in [5, 5.41) is 12.5. The Balaban J connectivity index is 1.96. The molecule has 0 radical (unpaired) electrons. The third-order valence-electron chi connectivity index (χ3n) is 2.69. The van der Waals surface area contributed by atoms with E-state index >= 15 is 0 Å². The lowest BCUT2D eigenvalue weighted by atomic mass is 10.2. The van der Waals surface area contributed by atoms with Crippen LogP contribution in [-0.2, 0) is 9.59 Å². The van der Waals surface area contributed by atoms with E-state index < -0.39 is 17.0 Å². The number of hydrogen-bond donors (Lipinski definition) is 2. The molecule has 2 rings (SSSR count). The minimum atomic E-state index is -0.611. The van der Waals surface area contributed by atoms with Crippen LogP contribution in [0.1, 0.15) is 20.3 Å². The Morgan fingerprint density at radius 1 is 1.48 bits per heavy atom. The van der Waals surface area contributed by atoms with Gasteiger partial charge in [0.1, 0.15) is 11.1 Å². The first-order valence-electron chi connectivity index (χ1n) is 6.66. The summed E-state index contributed by atoms with van der Waals surface area (Å²) in [6.45, 7) is 3.56. The highest BCUT2D eigenvalue weighted by molar-refractivity contribution is 9.10. The zero-order chi connectivity index (χ0) is 17.0. The number of benzene rings is 1. The van der Waals surface area contributed by atoms with E-state index in [4.69, 9.17) is 0 Å². The second-order valence-electron chi connectivity index (χ2n) is 4.92. The van der Waals surface area contributed by atoms with Crippen LogP contribution in [0.5, 0.6) is 0 Å². The Hall–Kier alpha value is -1.74. The van der Waals surface area contributed by atoms with E-state index in [9.17, 15) is 14.0 Å². The molecule has 1 atom stereocenters. The molecule has 122 valence electrons. The van der Waals surface area contributed by atoms with Crippen LogP contribution in [0.25, 0.3) is 0 Å². The predicted octanol–water partition coefficient (Wildman–Crippen LogP) is 2.90. The van der Waals surface area contributed by atoms with Crippen molar-refractivity contribution in [1.82, 2.24) is 5.32 Å². The summed E-state index contributed by atoms with van der Waals surface area (Å²) >= 11 is 4.27. The van der Waals surface area contributed by atoms with E-state index in [0.717, 1.165) is 17.5 Å². The van der Waals surface area contributed by atoms with Crippen molar-refractivity contribution in [3.05, 3.63) is 28.5 Å². The third kappa shape index (κ3) is 5.14. The molecule has 1 unspecified atom stereocenters. The normalized spacial score (nSPS) is 18.7. The fourth-order valence-electron chi connectivity index (χ4n) is 1.69. The summed E-state index contributed by atoms with van der Waals surface area (Å²) in [5.41, 5.74) is 0.820. The summed E-state index contributed by atoms with van der Waals surface area (Å²) in [6.07, 6.45) is -0.0835. The van der Waals surface area contributed by atoms with Crippen LogP contribution in [0.3, 0.4) is 0 Å². The van der Waals surface area contributed by atoms with Gasteiger partial charge >= 0.3 is 0 Å². The lowest BCUT2D eigenvalue weighted by Gasteiger charge is -2.08. The molecule has 1 heterocycles. The summed E-state index contributed by atoms with van der Waals surface area (Å²) in [7, 11) is 0. The summed E-state index contributed by atoms with van der Waals surface area (Å²) in [6, 6.07) is 4.32. The number of thioether (sulfide) groups is 1. The van der Waals surface area contributed by atoms with Crippen LogP contribution in [0, 0.1) is 5.82 Å². The van der Waals surface area contributed by atoms with Crippen LogP contribution < -0.4 is 10.6 Å². The average molecular weight is 401 g/mol. The number of carbonyl (C=O) groups is 2. The zero-order valence-corrected chi connectivity index (χ0v) is 14.8. The SMILES string of the molecule is CC(C)=N/N=C1/NC(=O)C(CC(=O)Nc2ccc(Br)cc2F)S1. The lowest BCUT2D eigenvalue weighted by molar-refractivity contribution is -0.122. The average Bonchev–Trinajstić information content (AvgIpc) is 2.80. The highest BCUT2D eigenvalue weighted by atomic mass is 79.9. The van der Waals surface area contributed by atoms with Gasteiger partial charge in [0, 0.05) is 16.6 Å². The molecule has 1 fully saturated rings. The molecule has 1 aromatic carbocycles. The van der Waals surface area contributed by atoms with Gasteiger partial charge in [-0.1, -0.05) is 27.7 Å². The van der Waals surface area contributed by atoms with Crippen LogP contribution in [0.4, 0.5) is 10.1 Å². The molecular weight excluding hydrogens is 387 g/mol. The topological polar surface area (TPSA) is 82.9 Å². The molecular formula is C14H14BrFN4O2S. The maximum atomic E-state index is 13.7. The summed E-state index contributed by atoms with van der Waals surface area (Å²) in [5.74, 6) is -1.31. The quantitative estimate of drug-likeness (QED) is 0.601.